The lowest BCUT2D eigenvalue weighted by Crippen LogP contribution is -2.53. The Labute approximate surface area is 192 Å². The number of carbonyl (C=O) groups is 1. The van der Waals surface area contributed by atoms with Crippen LogP contribution in [0.1, 0.15) is 56.9 Å². The summed E-state index contributed by atoms with van der Waals surface area (Å²) in [4.78, 5) is 21.9. The summed E-state index contributed by atoms with van der Waals surface area (Å²) in [6.07, 6.45) is 11.2. The van der Waals surface area contributed by atoms with E-state index < -0.39 is 0 Å². The highest BCUT2D eigenvalue weighted by molar-refractivity contribution is 5.75. The first-order chi connectivity index (χ1) is 15.7. The fraction of sp³-hybridized carbons (Fsp3) is 0.731. The number of ether oxygens (including phenoxy) is 1. The Kier molecular flexibility index (Phi) is 5.44. The van der Waals surface area contributed by atoms with Crippen LogP contribution in [0.3, 0.4) is 0 Å². The summed E-state index contributed by atoms with van der Waals surface area (Å²) >= 11 is 0. The van der Waals surface area contributed by atoms with E-state index in [2.05, 4.69) is 28.0 Å². The van der Waals surface area contributed by atoms with Gasteiger partial charge in [-0.15, -0.1) is 0 Å². The van der Waals surface area contributed by atoms with Gasteiger partial charge in [0.15, 0.2) is 0 Å². The van der Waals surface area contributed by atoms with Gasteiger partial charge in [0.05, 0.1) is 0 Å². The second-order valence-electron chi connectivity index (χ2n) is 10.6. The van der Waals surface area contributed by atoms with Crippen LogP contribution in [-0.4, -0.2) is 84.7 Å². The molecule has 3 saturated heterocycles. The maximum Gasteiger partial charge on any atom is 0.320 e. The van der Waals surface area contributed by atoms with Gasteiger partial charge in [-0.05, 0) is 75.1 Å². The topological polar surface area (TPSA) is 39.3 Å². The molecule has 6 rings (SSSR count). The Hall–Kier alpha value is -1.95. The lowest BCUT2D eigenvalue weighted by molar-refractivity contribution is -0.0336. The van der Waals surface area contributed by atoms with Gasteiger partial charge in [0.2, 0.25) is 0 Å². The third-order valence-electron chi connectivity index (χ3n) is 8.81. The van der Waals surface area contributed by atoms with Gasteiger partial charge in [-0.3, -0.25) is 0 Å². The molecule has 4 aliphatic heterocycles. The second-order valence-corrected chi connectivity index (χ2v) is 10.6. The number of anilines is 1. The van der Waals surface area contributed by atoms with Gasteiger partial charge in [0.1, 0.15) is 11.4 Å². The van der Waals surface area contributed by atoms with Gasteiger partial charge in [-0.25, -0.2) is 4.79 Å². The predicted octanol–water partition coefficient (Wildman–Crippen LogP) is 3.74. The summed E-state index contributed by atoms with van der Waals surface area (Å²) in [7, 11) is 0. The standard InChI is InChI=1S/C26H38N4O2/c31-25(29-12-1-2-13-29)30-18-16-28(17-19-30)23-6-7-24-21(20-23)8-9-26(32-24)10-14-27(15-11-26)22-4-3-5-22/h6-7,20,22H,1-5,8-19H2. The number of aryl methyl sites for hydroxylation is 1. The highest BCUT2D eigenvalue weighted by Gasteiger charge is 2.41. The van der Waals surface area contributed by atoms with Crippen LogP contribution in [-0.2, 0) is 6.42 Å². The smallest absolute Gasteiger partial charge is 0.320 e. The van der Waals surface area contributed by atoms with Gasteiger partial charge in [0.25, 0.3) is 0 Å². The van der Waals surface area contributed by atoms with Gasteiger partial charge in [-0.2, -0.15) is 0 Å². The number of hydrogen-bond donors (Lipinski definition) is 0. The van der Waals surface area contributed by atoms with E-state index in [1.807, 2.05) is 9.80 Å². The molecule has 0 bridgehead atoms. The number of amides is 2. The van der Waals surface area contributed by atoms with E-state index >= 15 is 0 Å². The van der Waals surface area contributed by atoms with Crippen LogP contribution in [0.2, 0.25) is 0 Å². The van der Waals surface area contributed by atoms with Crippen LogP contribution in [0.15, 0.2) is 18.2 Å². The quantitative estimate of drug-likeness (QED) is 0.705. The molecule has 6 heteroatoms. The van der Waals surface area contributed by atoms with Crippen LogP contribution in [0.5, 0.6) is 5.75 Å². The number of piperidine rings is 1. The fourth-order valence-corrected chi connectivity index (χ4v) is 6.37. The highest BCUT2D eigenvalue weighted by Crippen LogP contribution is 2.42. The molecule has 0 aromatic heterocycles. The Morgan fingerprint density at radius 3 is 2.25 bits per heavy atom. The molecule has 0 N–H and O–H groups in total. The van der Waals surface area contributed by atoms with Crippen molar-refractivity contribution >= 4 is 11.7 Å². The minimum Gasteiger partial charge on any atom is -0.487 e. The first-order valence-corrected chi connectivity index (χ1v) is 13.0. The molecule has 5 aliphatic rings. The third kappa shape index (κ3) is 3.85. The molecule has 1 aliphatic carbocycles. The number of likely N-dealkylation sites (tertiary alicyclic amines) is 2. The normalized spacial score (nSPS) is 26.1. The van der Waals surface area contributed by atoms with E-state index in [0.29, 0.717) is 0 Å². The summed E-state index contributed by atoms with van der Waals surface area (Å²) < 4.78 is 6.68. The van der Waals surface area contributed by atoms with Crippen molar-refractivity contribution in [2.45, 2.75) is 69.4 Å². The summed E-state index contributed by atoms with van der Waals surface area (Å²) in [5.41, 5.74) is 2.72. The van der Waals surface area contributed by atoms with E-state index in [1.54, 1.807) is 0 Å². The maximum atomic E-state index is 12.7. The van der Waals surface area contributed by atoms with Crippen molar-refractivity contribution in [2.75, 3.05) is 57.3 Å². The summed E-state index contributed by atoms with van der Waals surface area (Å²) in [6, 6.07) is 7.90. The molecular formula is C26H38N4O2. The number of nitrogens with zero attached hydrogens (tertiary/aromatic N) is 4. The fourth-order valence-electron chi connectivity index (χ4n) is 6.37. The van der Waals surface area contributed by atoms with Crippen molar-refractivity contribution in [3.05, 3.63) is 23.8 Å². The Morgan fingerprint density at radius 2 is 1.56 bits per heavy atom. The zero-order chi connectivity index (χ0) is 21.5. The minimum atomic E-state index is 0.0658. The Balaban J connectivity index is 1.06. The molecule has 4 heterocycles. The monoisotopic (exact) mass is 438 g/mol. The van der Waals surface area contributed by atoms with Crippen molar-refractivity contribution in [3.8, 4) is 5.75 Å². The summed E-state index contributed by atoms with van der Waals surface area (Å²) in [5, 5.41) is 0. The number of piperazine rings is 1. The average Bonchev–Trinajstić information content (AvgIpc) is 3.34. The van der Waals surface area contributed by atoms with Gasteiger partial charge in [0, 0.05) is 64.1 Å². The molecule has 1 aromatic carbocycles. The van der Waals surface area contributed by atoms with Gasteiger partial charge in [-0.1, -0.05) is 6.42 Å². The van der Waals surface area contributed by atoms with E-state index in [1.165, 1.54) is 56.4 Å². The van der Waals surface area contributed by atoms with Crippen LogP contribution in [0, 0.1) is 0 Å². The number of rotatable bonds is 2. The number of urea groups is 1. The number of carbonyl (C=O) groups excluding carboxylic acids is 1. The zero-order valence-corrected chi connectivity index (χ0v) is 19.4. The molecule has 1 spiro atoms. The zero-order valence-electron chi connectivity index (χ0n) is 19.4. The van der Waals surface area contributed by atoms with Crippen LogP contribution in [0.4, 0.5) is 10.5 Å². The van der Waals surface area contributed by atoms with E-state index in [-0.39, 0.29) is 11.6 Å². The summed E-state index contributed by atoms with van der Waals surface area (Å²) in [5.74, 6) is 1.11. The largest absolute Gasteiger partial charge is 0.487 e. The van der Waals surface area contributed by atoms with E-state index in [9.17, 15) is 4.79 Å². The van der Waals surface area contributed by atoms with Crippen molar-refractivity contribution in [2.24, 2.45) is 0 Å². The Morgan fingerprint density at radius 1 is 0.844 bits per heavy atom. The van der Waals surface area contributed by atoms with Crippen LogP contribution < -0.4 is 9.64 Å². The predicted molar refractivity (Wildman–Crippen MR) is 127 cm³/mol. The first-order valence-electron chi connectivity index (χ1n) is 13.0. The molecule has 1 aromatic rings. The van der Waals surface area contributed by atoms with Crippen molar-refractivity contribution in [1.82, 2.24) is 14.7 Å². The van der Waals surface area contributed by atoms with E-state index in [0.717, 1.165) is 76.7 Å². The first kappa shape index (κ1) is 20.6. The second kappa shape index (κ2) is 8.44. The molecule has 2 amide bonds. The molecular weight excluding hydrogens is 400 g/mol. The number of hydrogen-bond acceptors (Lipinski definition) is 4. The maximum absolute atomic E-state index is 12.7. The molecule has 0 radical (unpaired) electrons. The Bertz CT molecular complexity index is 832. The molecule has 32 heavy (non-hydrogen) atoms. The van der Waals surface area contributed by atoms with Crippen LogP contribution >= 0.6 is 0 Å². The molecule has 6 nitrogen and oxygen atoms in total. The minimum absolute atomic E-state index is 0.0658. The van der Waals surface area contributed by atoms with Crippen LogP contribution in [0.25, 0.3) is 0 Å². The molecule has 0 atom stereocenters. The average molecular weight is 439 g/mol. The lowest BCUT2D eigenvalue weighted by Gasteiger charge is -2.48. The summed E-state index contributed by atoms with van der Waals surface area (Å²) in [6.45, 7) is 7.76. The van der Waals surface area contributed by atoms with Crippen molar-refractivity contribution < 1.29 is 9.53 Å². The third-order valence-corrected chi connectivity index (χ3v) is 8.81. The highest BCUT2D eigenvalue weighted by atomic mass is 16.5. The lowest BCUT2D eigenvalue weighted by atomic mass is 9.81. The van der Waals surface area contributed by atoms with E-state index in [4.69, 9.17) is 4.74 Å². The van der Waals surface area contributed by atoms with Crippen molar-refractivity contribution in [3.63, 3.8) is 0 Å². The SMILES string of the molecule is O=C(N1CCCC1)N1CCN(c2ccc3c(c2)CCC2(CCN(C4CCC4)CC2)O3)CC1. The molecule has 174 valence electrons. The van der Waals surface area contributed by atoms with Gasteiger partial charge >= 0.3 is 6.03 Å². The number of fused-ring (bicyclic) bond motifs is 1. The van der Waals surface area contributed by atoms with Crippen molar-refractivity contribution in [1.29, 1.82) is 0 Å². The molecule has 1 saturated carbocycles. The number of benzene rings is 1. The molecule has 4 fully saturated rings. The molecule has 0 unspecified atom stereocenters. The van der Waals surface area contributed by atoms with Gasteiger partial charge < -0.3 is 24.3 Å².